The quantitative estimate of drug-likeness (QED) is 0.881. The molecule has 2 aliphatic rings. The Labute approximate surface area is 133 Å². The lowest BCUT2D eigenvalue weighted by molar-refractivity contribution is -0.126. The van der Waals surface area contributed by atoms with Gasteiger partial charge >= 0.3 is 6.03 Å². The molecule has 116 valence electrons. The Bertz CT molecular complexity index is 642. The third-order valence-electron chi connectivity index (χ3n) is 3.79. The molecule has 0 saturated heterocycles. The Morgan fingerprint density at radius 1 is 1.32 bits per heavy atom. The van der Waals surface area contributed by atoms with Crippen LogP contribution in [0.25, 0.3) is 0 Å². The zero-order valence-corrected chi connectivity index (χ0v) is 12.8. The van der Waals surface area contributed by atoms with Crippen molar-refractivity contribution in [3.63, 3.8) is 0 Å². The summed E-state index contributed by atoms with van der Waals surface area (Å²) in [7, 11) is 1.59. The van der Waals surface area contributed by atoms with Gasteiger partial charge in [0.15, 0.2) is 0 Å². The molecule has 0 spiro atoms. The van der Waals surface area contributed by atoms with Crippen LogP contribution in [0.3, 0.4) is 0 Å². The van der Waals surface area contributed by atoms with Gasteiger partial charge in [-0.3, -0.25) is 4.79 Å². The van der Waals surface area contributed by atoms with Crippen molar-refractivity contribution in [1.29, 1.82) is 0 Å². The van der Waals surface area contributed by atoms with E-state index in [4.69, 9.17) is 16.3 Å². The fraction of sp³-hybridized carbons (Fsp3) is 0.333. The zero-order valence-electron chi connectivity index (χ0n) is 12.1. The van der Waals surface area contributed by atoms with Gasteiger partial charge in [-0.15, -0.1) is 0 Å². The van der Waals surface area contributed by atoms with Crippen molar-refractivity contribution in [2.24, 2.45) is 0 Å². The summed E-state index contributed by atoms with van der Waals surface area (Å²) < 4.78 is 5.02. The van der Waals surface area contributed by atoms with E-state index in [1.165, 1.54) is 0 Å². The van der Waals surface area contributed by atoms with Crippen molar-refractivity contribution in [3.8, 4) is 0 Å². The van der Waals surface area contributed by atoms with Gasteiger partial charge in [-0.2, -0.15) is 0 Å². The van der Waals surface area contributed by atoms with E-state index in [0.29, 0.717) is 36.0 Å². The second kappa shape index (κ2) is 5.98. The van der Waals surface area contributed by atoms with Crippen LogP contribution in [0, 0.1) is 0 Å². The number of methoxy groups -OCH3 is 1. The number of benzene rings is 1. The molecule has 1 aromatic carbocycles. The van der Waals surface area contributed by atoms with E-state index in [0.717, 1.165) is 5.56 Å². The summed E-state index contributed by atoms with van der Waals surface area (Å²) in [5.74, 6) is -0.0838. The van der Waals surface area contributed by atoms with Gasteiger partial charge < -0.3 is 20.3 Å². The minimum absolute atomic E-state index is 0.0838. The number of nitrogens with zero attached hydrogens (tertiary/aromatic N) is 1. The topological polar surface area (TPSA) is 70.7 Å². The molecule has 2 aliphatic heterocycles. The summed E-state index contributed by atoms with van der Waals surface area (Å²) in [4.78, 5) is 26.1. The Morgan fingerprint density at radius 3 is 2.73 bits per heavy atom. The van der Waals surface area contributed by atoms with Crippen LogP contribution < -0.4 is 10.6 Å². The fourth-order valence-electron chi connectivity index (χ4n) is 2.72. The van der Waals surface area contributed by atoms with Gasteiger partial charge in [-0.1, -0.05) is 23.7 Å². The van der Waals surface area contributed by atoms with Gasteiger partial charge in [0.1, 0.15) is 0 Å². The summed E-state index contributed by atoms with van der Waals surface area (Å²) in [6.07, 6.45) is 0. The summed E-state index contributed by atoms with van der Waals surface area (Å²) in [6, 6.07) is 6.35. The van der Waals surface area contributed by atoms with Crippen LogP contribution in [-0.2, 0) is 9.53 Å². The van der Waals surface area contributed by atoms with Crippen LogP contribution >= 0.6 is 11.6 Å². The van der Waals surface area contributed by atoms with E-state index in [1.807, 2.05) is 12.1 Å². The van der Waals surface area contributed by atoms with Crippen molar-refractivity contribution >= 4 is 23.5 Å². The maximum absolute atomic E-state index is 12.6. The Hall–Kier alpha value is -2.05. The molecule has 3 amide bonds. The van der Waals surface area contributed by atoms with Crippen molar-refractivity contribution < 1.29 is 14.3 Å². The monoisotopic (exact) mass is 321 g/mol. The highest BCUT2D eigenvalue weighted by molar-refractivity contribution is 6.30. The van der Waals surface area contributed by atoms with E-state index in [-0.39, 0.29) is 11.9 Å². The van der Waals surface area contributed by atoms with Gasteiger partial charge in [0, 0.05) is 18.7 Å². The lowest BCUT2D eigenvalue weighted by Gasteiger charge is -2.25. The minimum Gasteiger partial charge on any atom is -0.383 e. The molecule has 2 N–H and O–H groups in total. The number of rotatable bonds is 4. The van der Waals surface area contributed by atoms with Gasteiger partial charge in [0.2, 0.25) is 0 Å². The molecule has 0 bridgehead atoms. The molecule has 7 heteroatoms. The number of carbonyl (C=O) groups excluding carboxylic acids is 2. The number of hydrogen-bond donors (Lipinski definition) is 2. The smallest absolute Gasteiger partial charge is 0.319 e. The SMILES string of the molecule is COCCN1CC2=C(C1=O)[C@H](c1ccc(Cl)cc1)NC(=O)N2. The number of hydrogen-bond acceptors (Lipinski definition) is 3. The maximum atomic E-state index is 12.6. The first kappa shape index (κ1) is 14.9. The van der Waals surface area contributed by atoms with Gasteiger partial charge in [0.25, 0.3) is 5.91 Å². The first-order valence-electron chi connectivity index (χ1n) is 6.94. The maximum Gasteiger partial charge on any atom is 0.319 e. The average molecular weight is 322 g/mol. The van der Waals surface area contributed by atoms with E-state index >= 15 is 0 Å². The number of amides is 3. The molecule has 1 atom stereocenters. The van der Waals surface area contributed by atoms with Crippen molar-refractivity contribution in [2.75, 3.05) is 26.8 Å². The first-order valence-corrected chi connectivity index (χ1v) is 7.32. The van der Waals surface area contributed by atoms with E-state index in [1.54, 1.807) is 24.1 Å². The van der Waals surface area contributed by atoms with Crippen molar-refractivity contribution in [3.05, 3.63) is 46.1 Å². The van der Waals surface area contributed by atoms with Gasteiger partial charge in [0.05, 0.1) is 30.5 Å². The Kier molecular flexibility index (Phi) is 4.04. The highest BCUT2D eigenvalue weighted by atomic mass is 35.5. The number of halogens is 1. The van der Waals surface area contributed by atoms with Crippen molar-refractivity contribution in [1.82, 2.24) is 15.5 Å². The van der Waals surface area contributed by atoms with Crippen LogP contribution in [0.5, 0.6) is 0 Å². The van der Waals surface area contributed by atoms with Gasteiger partial charge in [-0.25, -0.2) is 4.79 Å². The molecule has 0 fully saturated rings. The van der Waals surface area contributed by atoms with E-state index in [9.17, 15) is 9.59 Å². The number of carbonyl (C=O) groups is 2. The molecule has 2 heterocycles. The molecule has 22 heavy (non-hydrogen) atoms. The van der Waals surface area contributed by atoms with Crippen molar-refractivity contribution in [2.45, 2.75) is 6.04 Å². The van der Waals surface area contributed by atoms with Crippen LogP contribution in [0.15, 0.2) is 35.5 Å². The predicted octanol–water partition coefficient (Wildman–Crippen LogP) is 1.44. The molecule has 0 saturated carbocycles. The summed E-state index contributed by atoms with van der Waals surface area (Å²) >= 11 is 5.90. The standard InChI is InChI=1S/C15H16ClN3O3/c1-22-7-6-19-8-11-12(14(19)20)13(18-15(21)17-11)9-2-4-10(16)5-3-9/h2-5,13H,6-8H2,1H3,(H2,17,18,21)/t13-/m0/s1. The minimum atomic E-state index is -0.457. The number of nitrogens with one attached hydrogen (secondary N) is 2. The zero-order chi connectivity index (χ0) is 15.7. The molecule has 3 rings (SSSR count). The highest BCUT2D eigenvalue weighted by Crippen LogP contribution is 2.32. The predicted molar refractivity (Wildman–Crippen MR) is 81.3 cm³/mol. The third-order valence-corrected chi connectivity index (χ3v) is 4.04. The largest absolute Gasteiger partial charge is 0.383 e. The third kappa shape index (κ3) is 2.67. The molecule has 0 aromatic heterocycles. The second-order valence-electron chi connectivity index (χ2n) is 5.19. The lowest BCUT2D eigenvalue weighted by Crippen LogP contribution is -2.44. The van der Waals surface area contributed by atoms with Crippen LogP contribution in [0.1, 0.15) is 11.6 Å². The van der Waals surface area contributed by atoms with E-state index < -0.39 is 6.04 Å². The lowest BCUT2D eigenvalue weighted by atomic mass is 9.96. The Morgan fingerprint density at radius 2 is 2.05 bits per heavy atom. The molecule has 6 nitrogen and oxygen atoms in total. The molecule has 0 radical (unpaired) electrons. The second-order valence-corrected chi connectivity index (χ2v) is 5.63. The highest BCUT2D eigenvalue weighted by Gasteiger charge is 2.40. The first-order chi connectivity index (χ1) is 10.6. The normalized spacial score (nSPS) is 20.8. The van der Waals surface area contributed by atoms with E-state index in [2.05, 4.69) is 10.6 Å². The molecule has 1 aromatic rings. The molecular weight excluding hydrogens is 306 g/mol. The number of ether oxygens (including phenoxy) is 1. The van der Waals surface area contributed by atoms with Crippen LogP contribution in [-0.4, -0.2) is 43.6 Å². The number of urea groups is 1. The molecule has 0 unspecified atom stereocenters. The van der Waals surface area contributed by atoms with Gasteiger partial charge in [-0.05, 0) is 17.7 Å². The van der Waals surface area contributed by atoms with Crippen LogP contribution in [0.2, 0.25) is 5.02 Å². The van der Waals surface area contributed by atoms with Crippen LogP contribution in [0.4, 0.5) is 4.79 Å². The average Bonchev–Trinajstić information content (AvgIpc) is 2.81. The molecule has 0 aliphatic carbocycles. The molecular formula is C15H16ClN3O3. The Balaban J connectivity index is 1.90. The summed E-state index contributed by atoms with van der Waals surface area (Å²) in [5.41, 5.74) is 2.07. The summed E-state index contributed by atoms with van der Waals surface area (Å²) in [6.45, 7) is 1.35. The summed E-state index contributed by atoms with van der Waals surface area (Å²) in [5, 5.41) is 6.14. The fourth-order valence-corrected chi connectivity index (χ4v) is 2.84.